The Hall–Kier alpha value is -3.14. The van der Waals surface area contributed by atoms with Crippen LogP contribution in [0.4, 0.5) is 10.5 Å². The highest BCUT2D eigenvalue weighted by molar-refractivity contribution is 6.34. The molecule has 226 valence electrons. The molecule has 0 atom stereocenters. The Labute approximate surface area is 248 Å². The second-order valence-electron chi connectivity index (χ2n) is 11.8. The predicted molar refractivity (Wildman–Crippen MR) is 164 cm³/mol. The molecule has 3 N–H and O–H groups in total. The number of hydrogen-bond donors (Lipinski definition) is 3. The zero-order chi connectivity index (χ0) is 29.8. The normalized spacial score (nSPS) is 11.7. The Morgan fingerprint density at radius 1 is 1.00 bits per heavy atom. The maximum Gasteiger partial charge on any atom is 0.315 e. The first-order chi connectivity index (χ1) is 19.6. The Morgan fingerprint density at radius 3 is 2.17 bits per heavy atom. The van der Waals surface area contributed by atoms with E-state index in [9.17, 15) is 14.9 Å². The smallest absolute Gasteiger partial charge is 0.315 e. The van der Waals surface area contributed by atoms with Crippen molar-refractivity contribution < 1.29 is 9.72 Å². The van der Waals surface area contributed by atoms with Crippen LogP contribution in [-0.4, -0.2) is 37.3 Å². The highest BCUT2D eigenvalue weighted by atomic mass is 35.5. The summed E-state index contributed by atoms with van der Waals surface area (Å²) in [4.78, 5) is 28.1. The molecule has 10 nitrogen and oxygen atoms in total. The van der Waals surface area contributed by atoms with Gasteiger partial charge in [-0.25, -0.2) is 9.78 Å². The number of hydrogen-bond acceptors (Lipinski definition) is 5. The molecule has 2 heterocycles. The van der Waals surface area contributed by atoms with Gasteiger partial charge in [0.25, 0.3) is 5.69 Å². The van der Waals surface area contributed by atoms with Crippen LogP contribution in [-0.2, 0) is 12.0 Å². The number of benzene rings is 1. The van der Waals surface area contributed by atoms with E-state index in [-0.39, 0.29) is 23.7 Å². The van der Waals surface area contributed by atoms with Crippen molar-refractivity contribution in [1.29, 1.82) is 0 Å². The van der Waals surface area contributed by atoms with E-state index in [2.05, 4.69) is 32.7 Å². The highest BCUT2D eigenvalue weighted by Gasteiger charge is 2.25. The second-order valence-corrected chi connectivity index (χ2v) is 12.2. The van der Waals surface area contributed by atoms with E-state index in [0.29, 0.717) is 34.2 Å². The average molecular weight is 588 g/mol. The van der Waals surface area contributed by atoms with Gasteiger partial charge in [0.05, 0.1) is 17.2 Å². The van der Waals surface area contributed by atoms with E-state index in [1.165, 1.54) is 74.9 Å². The van der Waals surface area contributed by atoms with Crippen molar-refractivity contribution in [3.05, 3.63) is 44.6 Å². The molecule has 0 saturated heterocycles. The van der Waals surface area contributed by atoms with Crippen LogP contribution in [0.25, 0.3) is 17.0 Å². The Kier molecular flexibility index (Phi) is 12.4. The molecule has 2 aromatic heterocycles. The van der Waals surface area contributed by atoms with Crippen LogP contribution < -0.4 is 10.6 Å². The van der Waals surface area contributed by atoms with Crippen LogP contribution in [0, 0.1) is 10.1 Å². The van der Waals surface area contributed by atoms with Crippen LogP contribution in [0.1, 0.15) is 116 Å². The van der Waals surface area contributed by atoms with Gasteiger partial charge in [0.15, 0.2) is 11.5 Å². The summed E-state index contributed by atoms with van der Waals surface area (Å²) in [6.07, 6.45) is 15.2. The first kappa shape index (κ1) is 32.4. The van der Waals surface area contributed by atoms with Crippen LogP contribution in [0.5, 0.6) is 0 Å². The molecule has 3 aromatic rings. The van der Waals surface area contributed by atoms with Gasteiger partial charge in [-0.15, -0.1) is 5.10 Å². The van der Waals surface area contributed by atoms with Crippen molar-refractivity contribution in [3.8, 4) is 11.4 Å². The lowest BCUT2D eigenvalue weighted by molar-refractivity contribution is -0.385. The third-order valence-corrected chi connectivity index (χ3v) is 7.64. The molecular weight excluding hydrogens is 542 g/mol. The van der Waals surface area contributed by atoms with Crippen LogP contribution in [0.2, 0.25) is 5.02 Å². The number of urea groups is 1. The van der Waals surface area contributed by atoms with Crippen molar-refractivity contribution >= 4 is 29.0 Å². The number of fused-ring (bicyclic) bond motifs is 1. The highest BCUT2D eigenvalue weighted by Crippen LogP contribution is 2.32. The minimum Gasteiger partial charge on any atom is -0.338 e. The number of nitrogens with zero attached hydrogens (tertiary/aromatic N) is 4. The van der Waals surface area contributed by atoms with Crippen molar-refractivity contribution in [2.75, 3.05) is 6.54 Å². The standard InChI is InChI=1S/C30H46ClN7O3/c1-5-6-7-8-9-10-11-12-13-14-15-16-19-32-29(39)33-21-23-18-17-22(20-24(23)38(40)41)27-34-28-25(31)26(30(2,3)4)35-37(28)36-27/h17-18,20,35H,5-16,19,21H2,1-4H3,(H2,32,33,39). The minimum absolute atomic E-state index is 0.0407. The van der Waals surface area contributed by atoms with Crippen molar-refractivity contribution in [3.63, 3.8) is 0 Å². The number of nitro groups is 1. The molecule has 2 amide bonds. The molecule has 1 aromatic carbocycles. The van der Waals surface area contributed by atoms with Crippen LogP contribution >= 0.6 is 11.6 Å². The lowest BCUT2D eigenvalue weighted by Gasteiger charge is -2.16. The van der Waals surface area contributed by atoms with Crippen molar-refractivity contribution in [2.45, 2.75) is 117 Å². The summed E-state index contributed by atoms with van der Waals surface area (Å²) in [5.74, 6) is 0.321. The van der Waals surface area contributed by atoms with E-state index >= 15 is 0 Å². The van der Waals surface area contributed by atoms with Crippen LogP contribution in [0.15, 0.2) is 18.2 Å². The fourth-order valence-corrected chi connectivity index (χ4v) is 5.29. The van der Waals surface area contributed by atoms with Gasteiger partial charge in [-0.1, -0.05) is 116 Å². The number of aromatic nitrogens is 4. The van der Waals surface area contributed by atoms with Gasteiger partial charge >= 0.3 is 6.03 Å². The van der Waals surface area contributed by atoms with Gasteiger partial charge in [-0.05, 0) is 12.5 Å². The summed E-state index contributed by atoms with van der Waals surface area (Å²) in [5, 5.41) is 25.4. The third kappa shape index (κ3) is 9.73. The summed E-state index contributed by atoms with van der Waals surface area (Å²) in [7, 11) is 0. The lowest BCUT2D eigenvalue weighted by Crippen LogP contribution is -2.35. The van der Waals surface area contributed by atoms with Crippen molar-refractivity contribution in [2.24, 2.45) is 0 Å². The average Bonchev–Trinajstić information content (AvgIpc) is 3.49. The molecule has 0 saturated carbocycles. The molecule has 0 radical (unpaired) electrons. The Morgan fingerprint density at radius 2 is 1.61 bits per heavy atom. The van der Waals surface area contributed by atoms with Gasteiger partial charge in [0.2, 0.25) is 0 Å². The molecule has 0 bridgehead atoms. The second kappa shape index (κ2) is 15.7. The molecule has 0 unspecified atom stereocenters. The van der Waals surface area contributed by atoms with E-state index < -0.39 is 4.92 Å². The molecule has 3 rings (SSSR count). The van der Waals surface area contributed by atoms with Gasteiger partial charge in [0, 0.05) is 29.2 Å². The molecule has 0 aliphatic heterocycles. The number of rotatable bonds is 17. The summed E-state index contributed by atoms with van der Waals surface area (Å²) >= 11 is 6.51. The molecule has 0 fully saturated rings. The number of amides is 2. The monoisotopic (exact) mass is 587 g/mol. The van der Waals surface area contributed by atoms with E-state index in [0.717, 1.165) is 18.5 Å². The fourth-order valence-electron chi connectivity index (χ4n) is 4.85. The number of carbonyl (C=O) groups is 1. The molecule has 0 aliphatic carbocycles. The first-order valence-corrected chi connectivity index (χ1v) is 15.4. The summed E-state index contributed by atoms with van der Waals surface area (Å²) in [5.41, 5.74) is 1.84. The number of unbranched alkanes of at least 4 members (excludes halogenated alkanes) is 11. The number of aromatic amines is 1. The quantitative estimate of drug-likeness (QED) is 0.0834. The number of H-pyrrole nitrogens is 1. The van der Waals surface area contributed by atoms with Crippen molar-refractivity contribution in [1.82, 2.24) is 30.4 Å². The van der Waals surface area contributed by atoms with E-state index in [1.807, 2.05) is 20.8 Å². The number of halogens is 1. The largest absolute Gasteiger partial charge is 0.338 e. The number of carbonyl (C=O) groups excluding carboxylic acids is 1. The topological polar surface area (TPSA) is 130 Å². The molecule has 0 spiro atoms. The number of nitro benzene ring substituents is 1. The van der Waals surface area contributed by atoms with Gasteiger partial charge < -0.3 is 10.6 Å². The molecule has 0 aliphatic rings. The minimum atomic E-state index is -0.461. The summed E-state index contributed by atoms with van der Waals surface area (Å²) in [6.45, 7) is 8.96. The van der Waals surface area contributed by atoms with Gasteiger partial charge in [-0.2, -0.15) is 4.63 Å². The zero-order valence-corrected chi connectivity index (χ0v) is 25.8. The van der Waals surface area contributed by atoms with Gasteiger partial charge in [0.1, 0.15) is 5.02 Å². The maximum atomic E-state index is 12.3. The van der Waals surface area contributed by atoms with Crippen LogP contribution in [0.3, 0.4) is 0 Å². The molecule has 11 heteroatoms. The number of nitrogens with one attached hydrogen (secondary N) is 3. The Balaban J connectivity index is 1.41. The molecule has 41 heavy (non-hydrogen) atoms. The Bertz CT molecular complexity index is 1280. The predicted octanol–water partition coefficient (Wildman–Crippen LogP) is 8.08. The van der Waals surface area contributed by atoms with Gasteiger partial charge in [-0.3, -0.25) is 15.2 Å². The zero-order valence-electron chi connectivity index (χ0n) is 25.0. The maximum absolute atomic E-state index is 12.3. The molecular formula is C30H46ClN7O3. The fraction of sp³-hybridized carbons (Fsp3) is 0.633. The lowest BCUT2D eigenvalue weighted by atomic mass is 9.92. The summed E-state index contributed by atoms with van der Waals surface area (Å²) < 4.78 is 1.49. The third-order valence-electron chi connectivity index (χ3n) is 7.29. The summed E-state index contributed by atoms with van der Waals surface area (Å²) in [6, 6.07) is 4.42. The first-order valence-electron chi connectivity index (χ1n) is 15.1. The van der Waals surface area contributed by atoms with E-state index in [4.69, 9.17) is 11.6 Å². The van der Waals surface area contributed by atoms with E-state index in [1.54, 1.807) is 12.1 Å². The SMILES string of the molecule is CCCCCCCCCCCCCCNC(=O)NCc1ccc(-c2nc3c(Cl)c(C(C)(C)C)[nH]n3n2)cc1[N+](=O)[O-].